The van der Waals surface area contributed by atoms with Gasteiger partial charge in [0.15, 0.2) is 0 Å². The zero-order valence-corrected chi connectivity index (χ0v) is 15.5. The maximum atomic E-state index is 12.6. The Kier molecular flexibility index (Phi) is 5.88. The fraction of sp³-hybridized carbons (Fsp3) is 0.300. The summed E-state index contributed by atoms with van der Waals surface area (Å²) in [5.74, 6) is -0.985. The number of esters is 1. The highest BCUT2D eigenvalue weighted by molar-refractivity contribution is 5.97. The fourth-order valence-electron chi connectivity index (χ4n) is 3.36. The van der Waals surface area contributed by atoms with Gasteiger partial charge in [-0.2, -0.15) is 0 Å². The second kappa shape index (κ2) is 8.51. The van der Waals surface area contributed by atoms with Crippen LogP contribution in [0.2, 0.25) is 0 Å². The zero-order valence-electron chi connectivity index (χ0n) is 15.5. The number of nitrogens with zero attached hydrogens (tertiary/aromatic N) is 2. The maximum absolute atomic E-state index is 12.6. The van der Waals surface area contributed by atoms with E-state index in [9.17, 15) is 19.7 Å². The normalized spacial score (nSPS) is 16.3. The molecule has 2 aromatic carbocycles. The van der Waals surface area contributed by atoms with E-state index in [1.165, 1.54) is 19.2 Å². The Labute approximate surface area is 162 Å². The lowest BCUT2D eigenvalue weighted by Gasteiger charge is -2.34. The molecule has 1 saturated heterocycles. The number of anilines is 2. The number of nitro groups is 1. The predicted octanol–water partition coefficient (Wildman–Crippen LogP) is 3.24. The first-order chi connectivity index (χ1) is 13.5. The van der Waals surface area contributed by atoms with Gasteiger partial charge in [-0.05, 0) is 31.0 Å². The molecule has 0 aliphatic carbocycles. The first kappa shape index (κ1) is 19.3. The van der Waals surface area contributed by atoms with E-state index in [0.29, 0.717) is 18.8 Å². The molecule has 28 heavy (non-hydrogen) atoms. The highest BCUT2D eigenvalue weighted by Gasteiger charge is 2.29. The Hall–Kier alpha value is -3.42. The van der Waals surface area contributed by atoms with E-state index >= 15 is 0 Å². The summed E-state index contributed by atoms with van der Waals surface area (Å²) >= 11 is 0. The number of nitrogens with one attached hydrogen (secondary N) is 1. The van der Waals surface area contributed by atoms with E-state index in [0.717, 1.165) is 18.5 Å². The third-order valence-electron chi connectivity index (χ3n) is 4.77. The molecule has 0 unspecified atom stereocenters. The predicted molar refractivity (Wildman–Crippen MR) is 104 cm³/mol. The van der Waals surface area contributed by atoms with Gasteiger partial charge in [0.2, 0.25) is 5.91 Å². The van der Waals surface area contributed by atoms with Gasteiger partial charge in [-0.15, -0.1) is 0 Å². The van der Waals surface area contributed by atoms with Gasteiger partial charge in [0.1, 0.15) is 0 Å². The summed E-state index contributed by atoms with van der Waals surface area (Å²) in [6, 6.07) is 13.3. The van der Waals surface area contributed by atoms with E-state index in [1.807, 2.05) is 35.2 Å². The van der Waals surface area contributed by atoms with Crippen molar-refractivity contribution in [1.82, 2.24) is 0 Å². The third-order valence-corrected chi connectivity index (χ3v) is 4.77. The van der Waals surface area contributed by atoms with Crippen molar-refractivity contribution in [2.75, 3.05) is 30.4 Å². The van der Waals surface area contributed by atoms with Crippen LogP contribution in [-0.4, -0.2) is 37.0 Å². The minimum atomic E-state index is -0.644. The van der Waals surface area contributed by atoms with Crippen LogP contribution in [0.5, 0.6) is 0 Å². The Bertz CT molecular complexity index is 885. The van der Waals surface area contributed by atoms with E-state index in [1.54, 1.807) is 6.07 Å². The van der Waals surface area contributed by atoms with Crippen LogP contribution in [0, 0.1) is 16.0 Å². The average Bonchev–Trinajstić information content (AvgIpc) is 2.73. The molecule has 1 heterocycles. The van der Waals surface area contributed by atoms with Gasteiger partial charge in [-0.25, -0.2) is 4.79 Å². The molecule has 1 amide bonds. The van der Waals surface area contributed by atoms with E-state index in [2.05, 4.69) is 5.32 Å². The van der Waals surface area contributed by atoms with E-state index in [4.69, 9.17) is 4.74 Å². The van der Waals surface area contributed by atoms with Crippen molar-refractivity contribution >= 4 is 28.9 Å². The molecule has 1 fully saturated rings. The Morgan fingerprint density at radius 2 is 1.96 bits per heavy atom. The van der Waals surface area contributed by atoms with Crippen molar-refractivity contribution in [3.63, 3.8) is 0 Å². The highest BCUT2D eigenvalue weighted by Crippen LogP contribution is 2.30. The average molecular weight is 383 g/mol. The second-order valence-electron chi connectivity index (χ2n) is 6.59. The lowest BCUT2D eigenvalue weighted by molar-refractivity contribution is -0.384. The van der Waals surface area contributed by atoms with Crippen LogP contribution >= 0.6 is 0 Å². The monoisotopic (exact) mass is 383 g/mol. The standard InChI is InChI=1S/C20H21N3O5/c1-28-20(25)17-12-16(23(26)27)9-10-18(17)22-11-5-6-14(13-22)19(24)21-15-7-3-2-4-8-15/h2-4,7-10,12,14H,5-6,11,13H2,1H3,(H,21,24)/t14-/m0/s1. The molecular formula is C20H21N3O5. The molecule has 0 bridgehead atoms. The van der Waals surface area contributed by atoms with Crippen LogP contribution in [0.25, 0.3) is 0 Å². The maximum Gasteiger partial charge on any atom is 0.340 e. The Morgan fingerprint density at radius 1 is 1.21 bits per heavy atom. The molecular weight excluding hydrogens is 362 g/mol. The molecule has 1 N–H and O–H groups in total. The van der Waals surface area contributed by atoms with Crippen molar-refractivity contribution in [3.05, 3.63) is 64.2 Å². The lowest BCUT2D eigenvalue weighted by Crippen LogP contribution is -2.41. The lowest BCUT2D eigenvalue weighted by atomic mass is 9.95. The van der Waals surface area contributed by atoms with E-state index < -0.39 is 10.9 Å². The number of hydrogen-bond donors (Lipinski definition) is 1. The van der Waals surface area contributed by atoms with Crippen molar-refractivity contribution < 1.29 is 19.2 Å². The molecule has 8 heteroatoms. The first-order valence-corrected chi connectivity index (χ1v) is 8.97. The number of methoxy groups -OCH3 is 1. The number of non-ortho nitro benzene ring substituents is 1. The molecule has 0 radical (unpaired) electrons. The van der Waals surface area contributed by atoms with Crippen LogP contribution in [0.3, 0.4) is 0 Å². The largest absolute Gasteiger partial charge is 0.465 e. The molecule has 0 aromatic heterocycles. The number of rotatable bonds is 5. The molecule has 1 aliphatic heterocycles. The Morgan fingerprint density at radius 3 is 2.64 bits per heavy atom. The topological polar surface area (TPSA) is 102 Å². The van der Waals surface area contributed by atoms with Crippen molar-refractivity contribution in [3.8, 4) is 0 Å². The summed E-state index contributed by atoms with van der Waals surface area (Å²) in [5, 5.41) is 14.0. The number of carbonyl (C=O) groups is 2. The molecule has 1 aliphatic rings. The van der Waals surface area contributed by atoms with E-state index in [-0.39, 0.29) is 23.1 Å². The summed E-state index contributed by atoms with van der Waals surface area (Å²) in [7, 11) is 1.23. The quantitative estimate of drug-likeness (QED) is 0.483. The minimum Gasteiger partial charge on any atom is -0.465 e. The number of carbonyl (C=O) groups excluding carboxylic acids is 2. The summed E-state index contributed by atoms with van der Waals surface area (Å²) in [5.41, 5.74) is 1.21. The Balaban J connectivity index is 1.81. The van der Waals surface area contributed by atoms with Crippen molar-refractivity contribution in [2.45, 2.75) is 12.8 Å². The number of para-hydroxylation sites is 1. The van der Waals surface area contributed by atoms with Crippen LogP contribution < -0.4 is 10.2 Å². The minimum absolute atomic E-state index is 0.0857. The molecule has 0 saturated carbocycles. The van der Waals surface area contributed by atoms with Gasteiger partial charge < -0.3 is 15.0 Å². The third kappa shape index (κ3) is 4.28. The van der Waals surface area contributed by atoms with Gasteiger partial charge in [0.05, 0.1) is 29.2 Å². The second-order valence-corrected chi connectivity index (χ2v) is 6.59. The molecule has 146 valence electrons. The van der Waals surface area contributed by atoms with Gasteiger partial charge >= 0.3 is 5.97 Å². The SMILES string of the molecule is COC(=O)c1cc([N+](=O)[O-])ccc1N1CCC[C@H](C(=O)Nc2ccccc2)C1. The zero-order chi connectivity index (χ0) is 20.1. The summed E-state index contributed by atoms with van der Waals surface area (Å²) < 4.78 is 4.79. The number of benzene rings is 2. The smallest absolute Gasteiger partial charge is 0.340 e. The number of piperidine rings is 1. The number of ether oxygens (including phenoxy) is 1. The highest BCUT2D eigenvalue weighted by atomic mass is 16.6. The van der Waals surface area contributed by atoms with Crippen molar-refractivity contribution in [1.29, 1.82) is 0 Å². The van der Waals surface area contributed by atoms with Gasteiger partial charge in [-0.3, -0.25) is 14.9 Å². The molecule has 0 spiro atoms. The van der Waals surface area contributed by atoms with Gasteiger partial charge in [-0.1, -0.05) is 18.2 Å². The number of hydrogen-bond acceptors (Lipinski definition) is 6. The van der Waals surface area contributed by atoms with Crippen LogP contribution in [0.15, 0.2) is 48.5 Å². The molecule has 8 nitrogen and oxygen atoms in total. The first-order valence-electron chi connectivity index (χ1n) is 8.97. The molecule has 2 aromatic rings. The van der Waals surface area contributed by atoms with Gasteiger partial charge in [0.25, 0.3) is 5.69 Å². The fourth-order valence-corrected chi connectivity index (χ4v) is 3.36. The summed E-state index contributed by atoms with van der Waals surface area (Å²) in [4.78, 5) is 37.2. The molecule has 3 rings (SSSR count). The number of amides is 1. The summed E-state index contributed by atoms with van der Waals surface area (Å²) in [6.45, 7) is 1.07. The number of nitro benzene ring substituents is 1. The molecule has 1 atom stereocenters. The van der Waals surface area contributed by atoms with Crippen molar-refractivity contribution in [2.24, 2.45) is 5.92 Å². The van der Waals surface area contributed by atoms with Gasteiger partial charge in [0, 0.05) is 30.9 Å². The van der Waals surface area contributed by atoms with Crippen LogP contribution in [-0.2, 0) is 9.53 Å². The van der Waals surface area contributed by atoms with Crippen LogP contribution in [0.1, 0.15) is 23.2 Å². The summed E-state index contributed by atoms with van der Waals surface area (Å²) in [6.07, 6.45) is 1.50. The van der Waals surface area contributed by atoms with Crippen LogP contribution in [0.4, 0.5) is 17.1 Å².